The molecule has 1 aliphatic rings. The Hall–Kier alpha value is -2.70. The molecule has 1 aromatic heterocycles. The van der Waals surface area contributed by atoms with E-state index in [0.717, 1.165) is 12.1 Å². The van der Waals surface area contributed by atoms with Crippen LogP contribution in [0.4, 0.5) is 0 Å². The second kappa shape index (κ2) is 6.60. The zero-order valence-electron chi connectivity index (χ0n) is 12.9. The van der Waals surface area contributed by atoms with Gasteiger partial charge < -0.3 is 9.64 Å². The average molecular weight is 314 g/mol. The van der Waals surface area contributed by atoms with Crippen molar-refractivity contribution in [3.05, 3.63) is 42.5 Å². The van der Waals surface area contributed by atoms with Crippen LogP contribution in [0.3, 0.4) is 0 Å². The molecule has 120 valence electrons. The van der Waals surface area contributed by atoms with Crippen LogP contribution < -0.4 is 0 Å². The lowest BCUT2D eigenvalue weighted by Gasteiger charge is -2.29. The maximum atomic E-state index is 12.1. The molecule has 3 rings (SSSR count). The lowest BCUT2D eigenvalue weighted by molar-refractivity contribution is -0.133. The fraction of sp³-hybridized carbons (Fsp3) is 0.375. The van der Waals surface area contributed by atoms with Gasteiger partial charge in [0.25, 0.3) is 0 Å². The highest BCUT2D eigenvalue weighted by Crippen LogP contribution is 2.17. The number of likely N-dealkylation sites (tertiary alicyclic amines) is 1. The fourth-order valence-electron chi connectivity index (χ4n) is 2.62. The van der Waals surface area contributed by atoms with Gasteiger partial charge in [-0.1, -0.05) is 0 Å². The molecule has 1 fully saturated rings. The second-order valence-electron chi connectivity index (χ2n) is 5.69. The van der Waals surface area contributed by atoms with Crippen LogP contribution in [-0.2, 0) is 9.53 Å². The standard InChI is InChI=1S/C16H18N4O3/c1-19-8-12(2-7-15(19)21)9-23-16(22)13-3-5-14(6-4-13)20-10-17-18-11-20/h3-6,10-12H,2,7-9H2,1H3. The third kappa shape index (κ3) is 3.56. The lowest BCUT2D eigenvalue weighted by Crippen LogP contribution is -2.38. The maximum absolute atomic E-state index is 12.1. The molecule has 1 aromatic carbocycles. The Morgan fingerprint density at radius 3 is 2.61 bits per heavy atom. The van der Waals surface area contributed by atoms with Crippen LogP contribution in [0.25, 0.3) is 5.69 Å². The third-order valence-corrected chi connectivity index (χ3v) is 3.99. The summed E-state index contributed by atoms with van der Waals surface area (Å²) in [5.41, 5.74) is 1.38. The molecule has 2 heterocycles. The van der Waals surface area contributed by atoms with Gasteiger partial charge in [-0.25, -0.2) is 4.79 Å². The smallest absolute Gasteiger partial charge is 0.338 e. The van der Waals surface area contributed by atoms with Crippen molar-refractivity contribution in [2.75, 3.05) is 20.2 Å². The van der Waals surface area contributed by atoms with Crippen molar-refractivity contribution in [2.45, 2.75) is 12.8 Å². The number of carbonyl (C=O) groups is 2. The van der Waals surface area contributed by atoms with Crippen LogP contribution in [0.2, 0.25) is 0 Å². The Kier molecular flexibility index (Phi) is 4.36. The summed E-state index contributed by atoms with van der Waals surface area (Å²) >= 11 is 0. The molecular formula is C16H18N4O3. The van der Waals surface area contributed by atoms with Gasteiger partial charge in [-0.3, -0.25) is 9.36 Å². The van der Waals surface area contributed by atoms with Gasteiger partial charge in [0.2, 0.25) is 5.91 Å². The van der Waals surface area contributed by atoms with E-state index in [1.54, 1.807) is 41.3 Å². The van der Waals surface area contributed by atoms with Crippen molar-refractivity contribution in [3.63, 3.8) is 0 Å². The van der Waals surface area contributed by atoms with Crippen LogP contribution in [0, 0.1) is 5.92 Å². The molecule has 1 aliphatic heterocycles. The molecule has 7 nitrogen and oxygen atoms in total. The van der Waals surface area contributed by atoms with Gasteiger partial charge in [0.1, 0.15) is 12.7 Å². The molecule has 0 N–H and O–H groups in total. The van der Waals surface area contributed by atoms with Crippen molar-refractivity contribution in [1.82, 2.24) is 19.7 Å². The predicted molar refractivity (Wildman–Crippen MR) is 82.0 cm³/mol. The second-order valence-corrected chi connectivity index (χ2v) is 5.69. The quantitative estimate of drug-likeness (QED) is 0.795. The number of nitrogens with zero attached hydrogens (tertiary/aromatic N) is 4. The van der Waals surface area contributed by atoms with Crippen molar-refractivity contribution in [3.8, 4) is 5.69 Å². The van der Waals surface area contributed by atoms with Gasteiger partial charge in [-0.05, 0) is 30.7 Å². The van der Waals surface area contributed by atoms with E-state index in [1.807, 2.05) is 12.1 Å². The van der Waals surface area contributed by atoms with E-state index < -0.39 is 0 Å². The number of rotatable bonds is 4. The van der Waals surface area contributed by atoms with Gasteiger partial charge in [-0.15, -0.1) is 10.2 Å². The van der Waals surface area contributed by atoms with Gasteiger partial charge >= 0.3 is 5.97 Å². The van der Waals surface area contributed by atoms with E-state index in [1.165, 1.54) is 0 Å². The van der Waals surface area contributed by atoms with E-state index >= 15 is 0 Å². The van der Waals surface area contributed by atoms with E-state index in [4.69, 9.17) is 4.74 Å². The highest BCUT2D eigenvalue weighted by molar-refractivity contribution is 5.89. The highest BCUT2D eigenvalue weighted by atomic mass is 16.5. The number of piperidine rings is 1. The number of carbonyl (C=O) groups excluding carboxylic acids is 2. The molecular weight excluding hydrogens is 296 g/mol. The van der Waals surface area contributed by atoms with E-state index in [9.17, 15) is 9.59 Å². The summed E-state index contributed by atoms with van der Waals surface area (Å²) in [6, 6.07) is 7.06. The number of hydrogen-bond donors (Lipinski definition) is 0. The Morgan fingerprint density at radius 2 is 1.96 bits per heavy atom. The topological polar surface area (TPSA) is 77.3 Å². The minimum Gasteiger partial charge on any atom is -0.462 e. The Bertz CT molecular complexity index is 682. The molecule has 1 atom stereocenters. The maximum Gasteiger partial charge on any atom is 0.338 e. The summed E-state index contributed by atoms with van der Waals surface area (Å²) in [6.07, 6.45) is 4.47. The van der Waals surface area contributed by atoms with Gasteiger partial charge in [-0.2, -0.15) is 0 Å². The van der Waals surface area contributed by atoms with Gasteiger partial charge in [0.05, 0.1) is 12.2 Å². The number of ether oxygens (including phenoxy) is 1. The zero-order valence-corrected chi connectivity index (χ0v) is 12.9. The molecule has 23 heavy (non-hydrogen) atoms. The first-order valence-electron chi connectivity index (χ1n) is 7.49. The summed E-state index contributed by atoms with van der Waals surface area (Å²) in [4.78, 5) is 25.2. The Morgan fingerprint density at radius 1 is 1.26 bits per heavy atom. The van der Waals surface area contributed by atoms with Crippen molar-refractivity contribution in [2.24, 2.45) is 5.92 Å². The van der Waals surface area contributed by atoms with Crippen LogP contribution >= 0.6 is 0 Å². The highest BCUT2D eigenvalue weighted by Gasteiger charge is 2.24. The SMILES string of the molecule is CN1CC(COC(=O)c2ccc(-n3cnnc3)cc2)CCC1=O. The lowest BCUT2D eigenvalue weighted by atomic mass is 9.99. The summed E-state index contributed by atoms with van der Waals surface area (Å²) in [7, 11) is 1.78. The first-order valence-corrected chi connectivity index (χ1v) is 7.49. The number of esters is 1. The molecule has 1 unspecified atom stereocenters. The minimum absolute atomic E-state index is 0.150. The van der Waals surface area contributed by atoms with Crippen LogP contribution in [0.5, 0.6) is 0 Å². The molecule has 2 aromatic rings. The van der Waals surface area contributed by atoms with Crippen molar-refractivity contribution < 1.29 is 14.3 Å². The number of hydrogen-bond acceptors (Lipinski definition) is 5. The van der Waals surface area contributed by atoms with Gasteiger partial charge in [0, 0.05) is 31.6 Å². The number of aromatic nitrogens is 3. The molecule has 0 spiro atoms. The van der Waals surface area contributed by atoms with Crippen molar-refractivity contribution >= 4 is 11.9 Å². The molecule has 0 bridgehead atoms. The molecule has 0 radical (unpaired) electrons. The first-order chi connectivity index (χ1) is 11.1. The van der Waals surface area contributed by atoms with E-state index in [2.05, 4.69) is 10.2 Å². The van der Waals surface area contributed by atoms with Crippen LogP contribution in [0.15, 0.2) is 36.9 Å². The Balaban J connectivity index is 1.55. The largest absolute Gasteiger partial charge is 0.462 e. The van der Waals surface area contributed by atoms with E-state index in [0.29, 0.717) is 25.1 Å². The number of amides is 1. The Labute approximate surface area is 133 Å². The molecule has 0 saturated carbocycles. The van der Waals surface area contributed by atoms with Crippen LogP contribution in [-0.4, -0.2) is 51.7 Å². The summed E-state index contributed by atoms with van der Waals surface area (Å²) < 4.78 is 7.13. The average Bonchev–Trinajstić information content (AvgIpc) is 3.10. The summed E-state index contributed by atoms with van der Waals surface area (Å²) in [5, 5.41) is 7.48. The monoisotopic (exact) mass is 314 g/mol. The zero-order chi connectivity index (χ0) is 16.2. The number of benzene rings is 1. The van der Waals surface area contributed by atoms with Crippen LogP contribution in [0.1, 0.15) is 23.2 Å². The molecule has 7 heteroatoms. The summed E-state index contributed by atoms with van der Waals surface area (Å²) in [6.45, 7) is 0.975. The first kappa shape index (κ1) is 15.2. The summed E-state index contributed by atoms with van der Waals surface area (Å²) in [5.74, 6) is 0.00922. The fourth-order valence-corrected chi connectivity index (χ4v) is 2.62. The molecule has 0 aliphatic carbocycles. The predicted octanol–water partition coefficient (Wildman–Crippen LogP) is 1.29. The van der Waals surface area contributed by atoms with E-state index in [-0.39, 0.29) is 17.8 Å². The molecule has 1 amide bonds. The third-order valence-electron chi connectivity index (χ3n) is 3.99. The van der Waals surface area contributed by atoms with Gasteiger partial charge in [0.15, 0.2) is 0 Å². The minimum atomic E-state index is -0.347. The van der Waals surface area contributed by atoms with Crippen molar-refractivity contribution in [1.29, 1.82) is 0 Å². The molecule has 1 saturated heterocycles. The normalized spacial score (nSPS) is 18.0.